The predicted octanol–water partition coefficient (Wildman–Crippen LogP) is 11.9. The fourth-order valence-electron chi connectivity index (χ4n) is 6.84. The molecule has 2 heterocycles. The maximum absolute atomic E-state index is 5.31. The zero-order chi connectivity index (χ0) is 32.6. The minimum Gasteiger partial charge on any atom is -0.277 e. The highest BCUT2D eigenvalue weighted by atomic mass is 15.2. The Morgan fingerprint density at radius 1 is 0.327 bits per heavy atom. The van der Waals surface area contributed by atoms with Crippen LogP contribution in [-0.2, 0) is 0 Å². The average molecular weight is 626 g/mol. The Hall–Kier alpha value is -6.58. The molecule has 0 spiro atoms. The van der Waals surface area contributed by atoms with Crippen LogP contribution >= 0.6 is 0 Å². The second-order valence-electron chi connectivity index (χ2n) is 12.2. The van der Waals surface area contributed by atoms with Gasteiger partial charge in [0.15, 0.2) is 0 Å². The highest BCUT2D eigenvalue weighted by molar-refractivity contribution is 6.13. The van der Waals surface area contributed by atoms with Crippen LogP contribution in [-0.4, -0.2) is 14.5 Å². The molecule has 0 amide bonds. The molecule has 0 unspecified atom stereocenters. The van der Waals surface area contributed by atoms with Gasteiger partial charge < -0.3 is 0 Å². The molecule has 0 fully saturated rings. The van der Waals surface area contributed by atoms with Gasteiger partial charge in [-0.2, -0.15) is 0 Å². The summed E-state index contributed by atoms with van der Waals surface area (Å²) in [6, 6.07) is 66.1. The quantitative estimate of drug-likeness (QED) is 0.184. The minimum absolute atomic E-state index is 0.642. The van der Waals surface area contributed by atoms with E-state index in [1.165, 1.54) is 33.0 Å². The highest BCUT2D eigenvalue weighted by Gasteiger charge is 2.20. The third-order valence-electron chi connectivity index (χ3n) is 9.27. The summed E-state index contributed by atoms with van der Waals surface area (Å²) < 4.78 is 2.25. The fraction of sp³-hybridized carbons (Fsp3) is 0. The van der Waals surface area contributed by atoms with E-state index < -0.39 is 0 Å². The zero-order valence-corrected chi connectivity index (χ0v) is 26.7. The average Bonchev–Trinajstić information content (AvgIpc) is 3.54. The summed E-state index contributed by atoms with van der Waals surface area (Å²) in [5.41, 5.74) is 13.0. The monoisotopic (exact) mass is 625 g/mol. The zero-order valence-electron chi connectivity index (χ0n) is 26.7. The van der Waals surface area contributed by atoms with Gasteiger partial charge in [-0.25, -0.2) is 9.97 Å². The minimum atomic E-state index is 0.642. The van der Waals surface area contributed by atoms with E-state index in [2.05, 4.69) is 180 Å². The molecule has 0 saturated heterocycles. The van der Waals surface area contributed by atoms with Gasteiger partial charge in [0.1, 0.15) is 0 Å². The van der Waals surface area contributed by atoms with Gasteiger partial charge in [0, 0.05) is 27.5 Å². The standard InChI is InChI=1S/C46H31N3/c1-4-13-32(14-5-1)34-23-27-36(28-24-34)39-20-12-21-41-40-19-10-11-22-44(40)49(45(39)41)46-47-42(37-17-8-3-9-18-37)31-43(48-46)38-29-25-35(26-30-38)33-15-6-2-7-16-33/h1-31H. The van der Waals surface area contributed by atoms with E-state index in [9.17, 15) is 0 Å². The highest BCUT2D eigenvalue weighted by Crippen LogP contribution is 2.39. The van der Waals surface area contributed by atoms with Crippen molar-refractivity contribution in [2.75, 3.05) is 0 Å². The molecule has 3 nitrogen and oxygen atoms in total. The lowest BCUT2D eigenvalue weighted by atomic mass is 9.98. The summed E-state index contributed by atoms with van der Waals surface area (Å²) in [6.45, 7) is 0. The van der Waals surface area contributed by atoms with Crippen LogP contribution in [0.5, 0.6) is 0 Å². The lowest BCUT2D eigenvalue weighted by molar-refractivity contribution is 0.996. The number of aromatic nitrogens is 3. The largest absolute Gasteiger partial charge is 0.277 e. The van der Waals surface area contributed by atoms with Crippen molar-refractivity contribution in [3.05, 3.63) is 188 Å². The summed E-state index contributed by atoms with van der Waals surface area (Å²) in [4.78, 5) is 10.6. The van der Waals surface area contributed by atoms with E-state index >= 15 is 0 Å². The third-order valence-corrected chi connectivity index (χ3v) is 9.27. The van der Waals surface area contributed by atoms with E-state index in [4.69, 9.17) is 9.97 Å². The van der Waals surface area contributed by atoms with Crippen molar-refractivity contribution in [3.63, 3.8) is 0 Å². The number of rotatable bonds is 6. The second kappa shape index (κ2) is 12.2. The van der Waals surface area contributed by atoms with Gasteiger partial charge in [-0.05, 0) is 39.9 Å². The first kappa shape index (κ1) is 28.6. The Morgan fingerprint density at radius 2 is 0.755 bits per heavy atom. The van der Waals surface area contributed by atoms with E-state index in [0.29, 0.717) is 5.95 Å². The first-order valence-corrected chi connectivity index (χ1v) is 16.6. The summed E-state index contributed by atoms with van der Waals surface area (Å²) >= 11 is 0. The van der Waals surface area contributed by atoms with E-state index in [1.807, 2.05) is 12.1 Å². The summed E-state index contributed by atoms with van der Waals surface area (Å²) in [5.74, 6) is 0.642. The van der Waals surface area contributed by atoms with Crippen molar-refractivity contribution in [1.82, 2.24) is 14.5 Å². The van der Waals surface area contributed by atoms with Gasteiger partial charge in [0.05, 0.1) is 22.4 Å². The molecule has 0 aliphatic heterocycles. The van der Waals surface area contributed by atoms with Crippen molar-refractivity contribution < 1.29 is 0 Å². The molecule has 0 radical (unpaired) electrons. The Labute approximate surface area is 285 Å². The Morgan fingerprint density at radius 3 is 1.35 bits per heavy atom. The van der Waals surface area contributed by atoms with Crippen LogP contribution in [0, 0.1) is 0 Å². The Kier molecular flexibility index (Phi) is 7.14. The van der Waals surface area contributed by atoms with Crippen molar-refractivity contribution in [2.45, 2.75) is 0 Å². The molecule has 0 aliphatic rings. The van der Waals surface area contributed by atoms with Gasteiger partial charge in [0.25, 0.3) is 0 Å². The molecule has 0 aliphatic carbocycles. The Bertz CT molecular complexity index is 2550. The molecule has 0 saturated carbocycles. The number of benzene rings is 7. The molecular formula is C46H31N3. The van der Waals surface area contributed by atoms with Crippen LogP contribution in [0.1, 0.15) is 0 Å². The number of nitrogens with zero attached hydrogens (tertiary/aromatic N) is 3. The van der Waals surface area contributed by atoms with Crippen molar-refractivity contribution in [1.29, 1.82) is 0 Å². The van der Waals surface area contributed by atoms with Crippen LogP contribution in [0.2, 0.25) is 0 Å². The van der Waals surface area contributed by atoms with Crippen molar-refractivity contribution >= 4 is 21.8 Å². The molecule has 7 aromatic carbocycles. The van der Waals surface area contributed by atoms with Crippen LogP contribution in [0.3, 0.4) is 0 Å². The van der Waals surface area contributed by atoms with Gasteiger partial charge in [-0.15, -0.1) is 0 Å². The fourth-order valence-corrected chi connectivity index (χ4v) is 6.84. The maximum Gasteiger partial charge on any atom is 0.235 e. The molecule has 230 valence electrons. The van der Waals surface area contributed by atoms with Crippen LogP contribution in [0.4, 0.5) is 0 Å². The molecule has 3 heteroatoms. The van der Waals surface area contributed by atoms with E-state index in [1.54, 1.807) is 0 Å². The number of para-hydroxylation sites is 2. The smallest absolute Gasteiger partial charge is 0.235 e. The second-order valence-corrected chi connectivity index (χ2v) is 12.2. The first-order chi connectivity index (χ1) is 24.3. The Balaban J connectivity index is 1.26. The predicted molar refractivity (Wildman–Crippen MR) is 204 cm³/mol. The molecule has 9 aromatic rings. The molecule has 0 N–H and O–H groups in total. The lowest BCUT2D eigenvalue weighted by Gasteiger charge is -2.14. The third kappa shape index (κ3) is 5.28. The normalized spacial score (nSPS) is 11.3. The van der Waals surface area contributed by atoms with Crippen molar-refractivity contribution in [3.8, 4) is 61.8 Å². The van der Waals surface area contributed by atoms with Crippen LogP contribution < -0.4 is 0 Å². The molecule has 0 atom stereocenters. The summed E-state index contributed by atoms with van der Waals surface area (Å²) in [5, 5.41) is 2.34. The first-order valence-electron chi connectivity index (χ1n) is 16.6. The van der Waals surface area contributed by atoms with E-state index in [-0.39, 0.29) is 0 Å². The lowest BCUT2D eigenvalue weighted by Crippen LogP contribution is -2.04. The maximum atomic E-state index is 5.31. The molecule has 0 bridgehead atoms. The van der Waals surface area contributed by atoms with Gasteiger partial charge in [0.2, 0.25) is 5.95 Å². The SMILES string of the molecule is c1ccc(-c2ccc(-c3cc(-c4ccccc4)nc(-n4c5ccccc5c5cccc(-c6ccc(-c7ccccc7)cc6)c54)n3)cc2)cc1. The van der Waals surface area contributed by atoms with Crippen LogP contribution in [0.15, 0.2) is 188 Å². The number of hydrogen-bond donors (Lipinski definition) is 0. The van der Waals surface area contributed by atoms with Gasteiger partial charge >= 0.3 is 0 Å². The molecule has 49 heavy (non-hydrogen) atoms. The molecular weight excluding hydrogens is 595 g/mol. The number of fused-ring (bicyclic) bond motifs is 3. The van der Waals surface area contributed by atoms with Gasteiger partial charge in [-0.3, -0.25) is 4.57 Å². The molecule has 2 aromatic heterocycles. The summed E-state index contributed by atoms with van der Waals surface area (Å²) in [6.07, 6.45) is 0. The van der Waals surface area contributed by atoms with Crippen LogP contribution in [0.25, 0.3) is 83.6 Å². The summed E-state index contributed by atoms with van der Waals surface area (Å²) in [7, 11) is 0. The van der Waals surface area contributed by atoms with E-state index in [0.717, 1.165) is 44.7 Å². The number of hydrogen-bond acceptors (Lipinski definition) is 2. The van der Waals surface area contributed by atoms with Crippen molar-refractivity contribution in [2.24, 2.45) is 0 Å². The topological polar surface area (TPSA) is 30.7 Å². The molecule has 9 rings (SSSR count). The van der Waals surface area contributed by atoms with Gasteiger partial charge in [-0.1, -0.05) is 176 Å².